The van der Waals surface area contributed by atoms with Gasteiger partial charge in [0.05, 0.1) is 31.7 Å². The largest absolute Gasteiger partial charge is 0.490 e. The average Bonchev–Trinajstić information content (AvgIpc) is 2.53. The number of esters is 1. The number of hydrogen-bond acceptors (Lipinski definition) is 7. The van der Waals surface area contributed by atoms with Crippen molar-refractivity contribution in [2.24, 2.45) is 0 Å². The highest BCUT2D eigenvalue weighted by molar-refractivity contribution is 5.99. The monoisotopic (exact) mass is 325 g/mol. The van der Waals surface area contributed by atoms with E-state index in [4.69, 9.17) is 9.47 Å². The molecule has 0 bridgehead atoms. The van der Waals surface area contributed by atoms with Gasteiger partial charge in [-0.15, -0.1) is 0 Å². The van der Waals surface area contributed by atoms with Gasteiger partial charge < -0.3 is 14.2 Å². The Morgan fingerprint density at radius 2 is 1.78 bits per heavy atom. The summed E-state index contributed by atoms with van der Waals surface area (Å²) < 4.78 is 15.1. The highest BCUT2D eigenvalue weighted by atomic mass is 16.6. The summed E-state index contributed by atoms with van der Waals surface area (Å²) in [6, 6.07) is 2.52. The number of benzene rings is 1. The lowest BCUT2D eigenvalue weighted by molar-refractivity contribution is -0.386. The molecule has 0 unspecified atom stereocenters. The summed E-state index contributed by atoms with van der Waals surface area (Å²) in [5.74, 6) is -0.819. The lowest BCUT2D eigenvalue weighted by Crippen LogP contribution is -2.08. The number of carbonyl (C=O) groups is 2. The van der Waals surface area contributed by atoms with Crippen LogP contribution < -0.4 is 9.47 Å². The van der Waals surface area contributed by atoms with Gasteiger partial charge in [0.2, 0.25) is 5.75 Å². The zero-order valence-electron chi connectivity index (χ0n) is 13.3. The molecule has 126 valence electrons. The number of nitro benzene ring substituents is 1. The number of ketones is 1. The first-order valence-electron chi connectivity index (χ1n) is 7.12. The van der Waals surface area contributed by atoms with Crippen LogP contribution in [-0.4, -0.2) is 37.0 Å². The summed E-state index contributed by atoms with van der Waals surface area (Å²) >= 11 is 0. The third-order valence-electron chi connectivity index (χ3n) is 2.93. The van der Waals surface area contributed by atoms with Crippen LogP contribution in [-0.2, 0) is 9.53 Å². The topological polar surface area (TPSA) is 105 Å². The van der Waals surface area contributed by atoms with E-state index < -0.39 is 16.7 Å². The Hall–Kier alpha value is -2.64. The highest BCUT2D eigenvalue weighted by Crippen LogP contribution is 2.38. The number of rotatable bonds is 9. The first-order valence-corrected chi connectivity index (χ1v) is 7.12. The summed E-state index contributed by atoms with van der Waals surface area (Å²) in [5.41, 5.74) is -0.258. The molecule has 8 nitrogen and oxygen atoms in total. The number of methoxy groups -OCH3 is 1. The van der Waals surface area contributed by atoms with Gasteiger partial charge in [-0.05, 0) is 19.9 Å². The molecular formula is C15H19NO7. The Morgan fingerprint density at radius 3 is 2.30 bits per heavy atom. The van der Waals surface area contributed by atoms with E-state index in [1.807, 2.05) is 0 Å². The maximum Gasteiger partial charge on any atom is 0.315 e. The van der Waals surface area contributed by atoms with Crippen LogP contribution in [0.4, 0.5) is 5.69 Å². The lowest BCUT2D eigenvalue weighted by atomic mass is 10.0. The van der Waals surface area contributed by atoms with Crippen LogP contribution in [0.1, 0.15) is 37.0 Å². The summed E-state index contributed by atoms with van der Waals surface area (Å²) in [5, 5.41) is 11.2. The fraction of sp³-hybridized carbons (Fsp3) is 0.467. The predicted octanol–water partition coefficient (Wildman–Crippen LogP) is 2.53. The fourth-order valence-electron chi connectivity index (χ4n) is 1.90. The molecule has 0 aliphatic carbocycles. The van der Waals surface area contributed by atoms with Gasteiger partial charge in [0, 0.05) is 18.1 Å². The Balaban J connectivity index is 3.20. The van der Waals surface area contributed by atoms with E-state index in [1.165, 1.54) is 13.2 Å². The molecule has 23 heavy (non-hydrogen) atoms. The smallest absolute Gasteiger partial charge is 0.315 e. The molecule has 0 atom stereocenters. The van der Waals surface area contributed by atoms with Crippen molar-refractivity contribution in [1.29, 1.82) is 0 Å². The summed E-state index contributed by atoms with van der Waals surface area (Å²) in [6.07, 6.45) is -0.205. The molecule has 0 aliphatic heterocycles. The van der Waals surface area contributed by atoms with Crippen LogP contribution >= 0.6 is 0 Å². The van der Waals surface area contributed by atoms with E-state index in [9.17, 15) is 19.7 Å². The third kappa shape index (κ3) is 4.94. The molecule has 1 rings (SSSR count). The van der Waals surface area contributed by atoms with E-state index in [0.717, 1.165) is 6.07 Å². The van der Waals surface area contributed by atoms with Crippen LogP contribution in [0.3, 0.4) is 0 Å². The van der Waals surface area contributed by atoms with Crippen molar-refractivity contribution in [2.45, 2.75) is 26.7 Å². The number of hydrogen-bond donors (Lipinski definition) is 0. The SMILES string of the molecule is CCOc1cc(C(=O)CCC(=O)OC)cc([N+](=O)[O-])c1OCC. The third-order valence-corrected chi connectivity index (χ3v) is 2.93. The van der Waals surface area contributed by atoms with Gasteiger partial charge in [-0.25, -0.2) is 0 Å². The van der Waals surface area contributed by atoms with Crippen molar-refractivity contribution in [1.82, 2.24) is 0 Å². The van der Waals surface area contributed by atoms with Crippen molar-refractivity contribution >= 4 is 17.4 Å². The van der Waals surface area contributed by atoms with E-state index in [2.05, 4.69) is 4.74 Å². The van der Waals surface area contributed by atoms with E-state index in [1.54, 1.807) is 13.8 Å². The first-order chi connectivity index (χ1) is 10.9. The van der Waals surface area contributed by atoms with Crippen LogP contribution in [0.5, 0.6) is 11.5 Å². The fourth-order valence-corrected chi connectivity index (χ4v) is 1.90. The van der Waals surface area contributed by atoms with E-state index in [0.29, 0.717) is 0 Å². The molecule has 0 saturated heterocycles. The molecule has 1 aromatic carbocycles. The number of carbonyl (C=O) groups excluding carboxylic acids is 2. The molecular weight excluding hydrogens is 306 g/mol. The van der Waals surface area contributed by atoms with Crippen molar-refractivity contribution in [3.63, 3.8) is 0 Å². The predicted molar refractivity (Wildman–Crippen MR) is 81.0 cm³/mol. The molecule has 0 saturated carbocycles. The minimum absolute atomic E-state index is 0.0103. The van der Waals surface area contributed by atoms with Gasteiger partial charge >= 0.3 is 11.7 Å². The standard InChI is InChI=1S/C15H19NO7/c1-4-22-13-9-10(12(17)6-7-14(18)21-3)8-11(16(19)20)15(13)23-5-2/h8-9H,4-7H2,1-3H3. The molecule has 0 fully saturated rings. The van der Waals surface area contributed by atoms with E-state index in [-0.39, 0.29) is 48.8 Å². The first kappa shape index (κ1) is 18.4. The molecule has 0 N–H and O–H groups in total. The minimum atomic E-state index is -0.634. The zero-order valence-corrected chi connectivity index (χ0v) is 13.3. The molecule has 0 amide bonds. The molecule has 0 aliphatic rings. The zero-order chi connectivity index (χ0) is 17.4. The van der Waals surface area contributed by atoms with Crippen LogP contribution in [0.25, 0.3) is 0 Å². The number of nitro groups is 1. The van der Waals surface area contributed by atoms with Crippen LogP contribution in [0.15, 0.2) is 12.1 Å². The highest BCUT2D eigenvalue weighted by Gasteiger charge is 2.24. The second-order valence-corrected chi connectivity index (χ2v) is 4.45. The molecule has 0 spiro atoms. The molecule has 0 radical (unpaired) electrons. The summed E-state index contributed by atoms with van der Waals surface area (Å²) in [6.45, 7) is 3.88. The van der Waals surface area contributed by atoms with Crippen molar-refractivity contribution in [3.8, 4) is 11.5 Å². The molecule has 0 heterocycles. The minimum Gasteiger partial charge on any atom is -0.490 e. The van der Waals surface area contributed by atoms with Crippen molar-refractivity contribution < 1.29 is 28.7 Å². The maximum absolute atomic E-state index is 12.1. The van der Waals surface area contributed by atoms with Gasteiger partial charge in [-0.2, -0.15) is 0 Å². The van der Waals surface area contributed by atoms with Gasteiger partial charge in [0.25, 0.3) is 0 Å². The van der Waals surface area contributed by atoms with Gasteiger partial charge in [0.1, 0.15) is 0 Å². The maximum atomic E-state index is 12.1. The molecule has 1 aromatic rings. The van der Waals surface area contributed by atoms with Gasteiger partial charge in [-0.1, -0.05) is 0 Å². The van der Waals surface area contributed by atoms with Crippen molar-refractivity contribution in [3.05, 3.63) is 27.8 Å². The number of Topliss-reactive ketones (excluding diaryl/α,β-unsaturated/α-hetero) is 1. The molecule has 0 aromatic heterocycles. The second kappa shape index (κ2) is 8.72. The Bertz CT molecular complexity index is 598. The Kier molecular flexibility index (Phi) is 6.98. The number of nitrogens with zero attached hydrogens (tertiary/aromatic N) is 1. The van der Waals surface area contributed by atoms with Gasteiger partial charge in [0.15, 0.2) is 11.5 Å². The van der Waals surface area contributed by atoms with Gasteiger partial charge in [-0.3, -0.25) is 19.7 Å². The summed E-state index contributed by atoms with van der Waals surface area (Å²) in [4.78, 5) is 33.8. The summed E-state index contributed by atoms with van der Waals surface area (Å²) in [7, 11) is 1.22. The van der Waals surface area contributed by atoms with Crippen LogP contribution in [0.2, 0.25) is 0 Å². The normalized spacial score (nSPS) is 10.0. The Morgan fingerprint density at radius 1 is 1.13 bits per heavy atom. The average molecular weight is 325 g/mol. The van der Waals surface area contributed by atoms with E-state index >= 15 is 0 Å². The molecule has 8 heteroatoms. The lowest BCUT2D eigenvalue weighted by Gasteiger charge is -2.12. The quantitative estimate of drug-likeness (QED) is 0.297. The Labute approximate surface area is 133 Å². The van der Waals surface area contributed by atoms with Crippen LogP contribution in [0, 0.1) is 10.1 Å². The van der Waals surface area contributed by atoms with Crippen molar-refractivity contribution in [2.75, 3.05) is 20.3 Å². The second-order valence-electron chi connectivity index (χ2n) is 4.45. The number of ether oxygens (including phenoxy) is 3.